The molecule has 0 amide bonds. The van der Waals surface area contributed by atoms with Crippen LogP contribution in [-0.2, 0) is 11.2 Å². The molecule has 1 unspecified atom stereocenters. The van der Waals surface area contributed by atoms with Crippen LogP contribution in [0.2, 0.25) is 5.15 Å². The minimum atomic E-state index is 0.0428. The SMILES string of the molecule is CCc1ccc2c(c1)c(Cl)nn2C1CCCCO1. The summed E-state index contributed by atoms with van der Waals surface area (Å²) in [4.78, 5) is 0. The lowest BCUT2D eigenvalue weighted by atomic mass is 10.1. The van der Waals surface area contributed by atoms with Crippen molar-refractivity contribution in [1.82, 2.24) is 9.78 Å². The first-order valence-electron chi connectivity index (χ1n) is 6.58. The molecule has 0 bridgehead atoms. The third-order valence-electron chi connectivity index (χ3n) is 3.56. The van der Waals surface area contributed by atoms with Crippen LogP contribution in [0.15, 0.2) is 18.2 Å². The molecule has 2 heterocycles. The van der Waals surface area contributed by atoms with Gasteiger partial charge >= 0.3 is 0 Å². The largest absolute Gasteiger partial charge is 0.356 e. The van der Waals surface area contributed by atoms with E-state index in [9.17, 15) is 0 Å². The molecular weight excluding hydrogens is 248 g/mol. The quantitative estimate of drug-likeness (QED) is 0.821. The molecule has 0 radical (unpaired) electrons. The Kier molecular flexibility index (Phi) is 3.27. The number of ether oxygens (including phenoxy) is 1. The summed E-state index contributed by atoms with van der Waals surface area (Å²) in [6, 6.07) is 6.37. The number of nitrogens with zero attached hydrogens (tertiary/aromatic N) is 2. The van der Waals surface area contributed by atoms with E-state index in [1.807, 2.05) is 4.68 Å². The van der Waals surface area contributed by atoms with Crippen molar-refractivity contribution < 1.29 is 4.74 Å². The molecule has 1 fully saturated rings. The van der Waals surface area contributed by atoms with Crippen molar-refractivity contribution >= 4 is 22.5 Å². The van der Waals surface area contributed by atoms with E-state index in [0.29, 0.717) is 5.15 Å². The fourth-order valence-electron chi connectivity index (χ4n) is 2.51. The van der Waals surface area contributed by atoms with E-state index >= 15 is 0 Å². The summed E-state index contributed by atoms with van der Waals surface area (Å²) < 4.78 is 7.72. The number of benzene rings is 1. The molecule has 1 saturated heterocycles. The van der Waals surface area contributed by atoms with Crippen molar-refractivity contribution in [3.05, 3.63) is 28.9 Å². The van der Waals surface area contributed by atoms with Gasteiger partial charge in [-0.2, -0.15) is 5.10 Å². The van der Waals surface area contributed by atoms with Gasteiger partial charge in [-0.3, -0.25) is 0 Å². The zero-order valence-electron chi connectivity index (χ0n) is 10.5. The minimum Gasteiger partial charge on any atom is -0.356 e. The molecule has 0 N–H and O–H groups in total. The van der Waals surface area contributed by atoms with Gasteiger partial charge in [0.2, 0.25) is 0 Å². The second-order valence-corrected chi connectivity index (χ2v) is 5.12. The second kappa shape index (κ2) is 4.90. The Labute approximate surface area is 112 Å². The van der Waals surface area contributed by atoms with Crippen molar-refractivity contribution in [3.63, 3.8) is 0 Å². The maximum absolute atomic E-state index is 6.24. The van der Waals surface area contributed by atoms with Gasteiger partial charge in [0.15, 0.2) is 11.4 Å². The van der Waals surface area contributed by atoms with Crippen LogP contribution in [0.5, 0.6) is 0 Å². The molecule has 0 saturated carbocycles. The summed E-state index contributed by atoms with van der Waals surface area (Å²) in [5, 5.41) is 6.06. The molecular formula is C14H17ClN2O. The number of hydrogen-bond acceptors (Lipinski definition) is 2. The van der Waals surface area contributed by atoms with E-state index in [0.717, 1.165) is 36.8 Å². The zero-order valence-corrected chi connectivity index (χ0v) is 11.3. The van der Waals surface area contributed by atoms with Crippen LogP contribution in [0.1, 0.15) is 38.0 Å². The van der Waals surface area contributed by atoms with Crippen LogP contribution in [0.25, 0.3) is 10.9 Å². The molecule has 1 aromatic carbocycles. The topological polar surface area (TPSA) is 27.1 Å². The van der Waals surface area contributed by atoms with Gasteiger partial charge in [-0.05, 0) is 43.4 Å². The standard InChI is InChI=1S/C14H17ClN2O/c1-2-10-6-7-12-11(9-10)14(15)16-17(12)13-5-3-4-8-18-13/h6-7,9,13H,2-5,8H2,1H3. The lowest BCUT2D eigenvalue weighted by Gasteiger charge is -2.23. The maximum atomic E-state index is 6.24. The van der Waals surface area contributed by atoms with Gasteiger partial charge in [-0.1, -0.05) is 24.6 Å². The van der Waals surface area contributed by atoms with Crippen molar-refractivity contribution in [2.24, 2.45) is 0 Å². The second-order valence-electron chi connectivity index (χ2n) is 4.76. The van der Waals surface area contributed by atoms with Crippen LogP contribution >= 0.6 is 11.6 Å². The Morgan fingerprint density at radius 1 is 1.44 bits per heavy atom. The van der Waals surface area contributed by atoms with Gasteiger partial charge in [-0.25, -0.2) is 4.68 Å². The van der Waals surface area contributed by atoms with Gasteiger partial charge in [0.1, 0.15) is 0 Å². The Balaban J connectivity index is 2.07. The van der Waals surface area contributed by atoms with Crippen LogP contribution in [-0.4, -0.2) is 16.4 Å². The molecule has 1 atom stereocenters. The monoisotopic (exact) mass is 264 g/mol. The summed E-state index contributed by atoms with van der Waals surface area (Å²) in [7, 11) is 0. The van der Waals surface area contributed by atoms with Crippen molar-refractivity contribution in [3.8, 4) is 0 Å². The molecule has 96 valence electrons. The predicted molar refractivity (Wildman–Crippen MR) is 73.0 cm³/mol. The molecule has 3 nitrogen and oxygen atoms in total. The van der Waals surface area contributed by atoms with Gasteiger partial charge in [0, 0.05) is 12.0 Å². The van der Waals surface area contributed by atoms with Crippen LogP contribution in [0.3, 0.4) is 0 Å². The highest BCUT2D eigenvalue weighted by Crippen LogP contribution is 2.30. The average molecular weight is 265 g/mol. The summed E-state index contributed by atoms with van der Waals surface area (Å²) in [6.45, 7) is 2.96. The van der Waals surface area contributed by atoms with Crippen LogP contribution < -0.4 is 0 Å². The number of hydrogen-bond donors (Lipinski definition) is 0. The Hall–Kier alpha value is -1.06. The molecule has 18 heavy (non-hydrogen) atoms. The van der Waals surface area contributed by atoms with Gasteiger partial charge in [0.25, 0.3) is 0 Å². The summed E-state index contributed by atoms with van der Waals surface area (Å²) in [5.41, 5.74) is 2.36. The fourth-order valence-corrected chi connectivity index (χ4v) is 2.74. The molecule has 3 rings (SSSR count). The lowest BCUT2D eigenvalue weighted by Crippen LogP contribution is -2.19. The van der Waals surface area contributed by atoms with E-state index in [1.54, 1.807) is 0 Å². The van der Waals surface area contributed by atoms with E-state index in [-0.39, 0.29) is 6.23 Å². The lowest BCUT2D eigenvalue weighted by molar-refractivity contribution is -0.0366. The van der Waals surface area contributed by atoms with E-state index in [1.165, 1.54) is 12.0 Å². The molecule has 0 spiro atoms. The molecule has 4 heteroatoms. The molecule has 1 aliphatic rings. The van der Waals surface area contributed by atoms with Crippen LogP contribution in [0, 0.1) is 0 Å². The summed E-state index contributed by atoms with van der Waals surface area (Å²) in [6.07, 6.45) is 4.40. The molecule has 2 aromatic rings. The van der Waals surface area contributed by atoms with Gasteiger partial charge < -0.3 is 4.74 Å². The highest BCUT2D eigenvalue weighted by atomic mass is 35.5. The van der Waals surface area contributed by atoms with Crippen molar-refractivity contribution in [1.29, 1.82) is 0 Å². The first-order chi connectivity index (χ1) is 8.79. The first-order valence-corrected chi connectivity index (χ1v) is 6.95. The number of aryl methyl sites for hydroxylation is 1. The Bertz CT molecular complexity index is 558. The molecule has 0 aliphatic carbocycles. The third kappa shape index (κ3) is 2.02. The smallest absolute Gasteiger partial charge is 0.159 e. The van der Waals surface area contributed by atoms with E-state index < -0.39 is 0 Å². The van der Waals surface area contributed by atoms with Gasteiger partial charge in [0.05, 0.1) is 5.52 Å². The van der Waals surface area contributed by atoms with E-state index in [2.05, 4.69) is 30.2 Å². The third-order valence-corrected chi connectivity index (χ3v) is 3.84. The van der Waals surface area contributed by atoms with Gasteiger partial charge in [-0.15, -0.1) is 0 Å². The first kappa shape index (κ1) is 12.0. The zero-order chi connectivity index (χ0) is 12.5. The number of aromatic nitrogens is 2. The number of halogens is 1. The maximum Gasteiger partial charge on any atom is 0.159 e. The predicted octanol–water partition coefficient (Wildman–Crippen LogP) is 3.95. The van der Waals surface area contributed by atoms with E-state index in [4.69, 9.17) is 16.3 Å². The minimum absolute atomic E-state index is 0.0428. The Morgan fingerprint density at radius 3 is 3.06 bits per heavy atom. The Morgan fingerprint density at radius 2 is 2.33 bits per heavy atom. The summed E-state index contributed by atoms with van der Waals surface area (Å²) >= 11 is 6.24. The normalized spacial score (nSPS) is 20.4. The number of rotatable bonds is 2. The van der Waals surface area contributed by atoms with Crippen LogP contribution in [0.4, 0.5) is 0 Å². The molecule has 1 aliphatic heterocycles. The number of fused-ring (bicyclic) bond motifs is 1. The van der Waals surface area contributed by atoms with Crippen molar-refractivity contribution in [2.75, 3.05) is 6.61 Å². The fraction of sp³-hybridized carbons (Fsp3) is 0.500. The van der Waals surface area contributed by atoms with Crippen molar-refractivity contribution in [2.45, 2.75) is 38.8 Å². The summed E-state index contributed by atoms with van der Waals surface area (Å²) in [5.74, 6) is 0. The average Bonchev–Trinajstić information content (AvgIpc) is 2.77. The highest BCUT2D eigenvalue weighted by Gasteiger charge is 2.20. The highest BCUT2D eigenvalue weighted by molar-refractivity contribution is 6.34. The molecule has 1 aromatic heterocycles.